The molecule has 2 rings (SSSR count). The first-order chi connectivity index (χ1) is 8.04. The molecule has 1 saturated heterocycles. The van der Waals surface area contributed by atoms with Crippen molar-refractivity contribution in [3.63, 3.8) is 0 Å². The Balaban J connectivity index is 2.21. The Morgan fingerprint density at radius 2 is 1.88 bits per heavy atom. The predicted molar refractivity (Wildman–Crippen MR) is 68.1 cm³/mol. The number of hydrogen-bond donors (Lipinski definition) is 0. The van der Waals surface area contributed by atoms with Gasteiger partial charge in [-0.1, -0.05) is 12.1 Å². The van der Waals surface area contributed by atoms with E-state index in [1.165, 1.54) is 0 Å². The summed E-state index contributed by atoms with van der Waals surface area (Å²) in [5.41, 5.74) is 1.83. The minimum Gasteiger partial charge on any atom is -0.374 e. The van der Waals surface area contributed by atoms with Crippen molar-refractivity contribution in [2.45, 2.75) is 32.3 Å². The molecule has 0 N–H and O–H groups in total. The van der Waals surface area contributed by atoms with Crippen molar-refractivity contribution in [3.05, 3.63) is 29.8 Å². The van der Waals surface area contributed by atoms with Gasteiger partial charge in [0.05, 0.1) is 5.60 Å². The Kier molecular flexibility index (Phi) is 3.20. The molecule has 1 aromatic rings. The van der Waals surface area contributed by atoms with E-state index in [9.17, 15) is 4.79 Å². The van der Waals surface area contributed by atoms with E-state index in [0.717, 1.165) is 24.2 Å². The molecular formula is C14H19NO2. The van der Waals surface area contributed by atoms with Crippen LogP contribution in [0.2, 0.25) is 0 Å². The van der Waals surface area contributed by atoms with Gasteiger partial charge in [0.25, 0.3) is 0 Å². The Morgan fingerprint density at radius 3 is 2.35 bits per heavy atom. The number of anilines is 1. The van der Waals surface area contributed by atoms with Crippen molar-refractivity contribution >= 4 is 11.6 Å². The fourth-order valence-corrected chi connectivity index (χ4v) is 2.08. The Morgan fingerprint density at radius 1 is 1.24 bits per heavy atom. The molecule has 0 unspecified atom stereocenters. The van der Waals surface area contributed by atoms with Gasteiger partial charge < -0.3 is 9.64 Å². The molecule has 3 nitrogen and oxygen atoms in total. The van der Waals surface area contributed by atoms with Crippen molar-refractivity contribution in [3.8, 4) is 0 Å². The average molecular weight is 233 g/mol. The van der Waals surface area contributed by atoms with E-state index in [1.807, 2.05) is 43.0 Å². The van der Waals surface area contributed by atoms with Gasteiger partial charge in [-0.2, -0.15) is 0 Å². The van der Waals surface area contributed by atoms with Gasteiger partial charge in [0.2, 0.25) is 5.91 Å². The topological polar surface area (TPSA) is 29.5 Å². The van der Waals surface area contributed by atoms with Crippen LogP contribution in [-0.4, -0.2) is 19.6 Å². The number of ether oxygens (including phenoxy) is 1. The number of amides is 1. The minimum atomic E-state index is -0.284. The van der Waals surface area contributed by atoms with Crippen molar-refractivity contribution < 1.29 is 9.53 Å². The summed E-state index contributed by atoms with van der Waals surface area (Å²) in [6.45, 7) is 4.90. The summed E-state index contributed by atoms with van der Waals surface area (Å²) >= 11 is 0. The van der Waals surface area contributed by atoms with Gasteiger partial charge >= 0.3 is 0 Å². The van der Waals surface area contributed by atoms with Gasteiger partial charge in [0.15, 0.2) is 0 Å². The molecule has 1 aliphatic rings. The lowest BCUT2D eigenvalue weighted by molar-refractivity contribution is -0.117. The summed E-state index contributed by atoms with van der Waals surface area (Å²) in [4.78, 5) is 13.5. The first-order valence-corrected chi connectivity index (χ1v) is 6.00. The van der Waals surface area contributed by atoms with E-state index < -0.39 is 0 Å². The number of methoxy groups -OCH3 is 1. The maximum atomic E-state index is 11.6. The number of carbonyl (C=O) groups is 1. The van der Waals surface area contributed by atoms with Crippen LogP contribution in [0.4, 0.5) is 5.69 Å². The molecule has 3 heteroatoms. The molecule has 0 spiro atoms. The molecule has 1 fully saturated rings. The first kappa shape index (κ1) is 12.1. The van der Waals surface area contributed by atoms with Crippen LogP contribution in [0.15, 0.2) is 24.3 Å². The largest absolute Gasteiger partial charge is 0.374 e. The average Bonchev–Trinajstić information content (AvgIpc) is 2.76. The summed E-state index contributed by atoms with van der Waals surface area (Å²) in [6.07, 6.45) is 1.63. The molecule has 17 heavy (non-hydrogen) atoms. The van der Waals surface area contributed by atoms with Crippen molar-refractivity contribution in [1.29, 1.82) is 0 Å². The van der Waals surface area contributed by atoms with Gasteiger partial charge in [0.1, 0.15) is 0 Å². The van der Waals surface area contributed by atoms with E-state index in [0.29, 0.717) is 6.42 Å². The molecule has 0 aromatic heterocycles. The van der Waals surface area contributed by atoms with Crippen LogP contribution in [0.25, 0.3) is 0 Å². The van der Waals surface area contributed by atoms with Crippen molar-refractivity contribution in [2.24, 2.45) is 0 Å². The zero-order valence-corrected chi connectivity index (χ0v) is 10.7. The molecular weight excluding hydrogens is 214 g/mol. The maximum Gasteiger partial charge on any atom is 0.227 e. The number of hydrogen-bond acceptors (Lipinski definition) is 2. The Hall–Kier alpha value is -1.35. The molecule has 0 saturated carbocycles. The summed E-state index contributed by atoms with van der Waals surface area (Å²) in [6, 6.07) is 8.06. The second-order valence-corrected chi connectivity index (χ2v) is 4.91. The van der Waals surface area contributed by atoms with E-state index >= 15 is 0 Å². The van der Waals surface area contributed by atoms with Crippen LogP contribution in [-0.2, 0) is 15.1 Å². The van der Waals surface area contributed by atoms with E-state index in [1.54, 1.807) is 7.11 Å². The lowest BCUT2D eigenvalue weighted by Crippen LogP contribution is -2.24. The first-order valence-electron chi connectivity index (χ1n) is 6.00. The van der Waals surface area contributed by atoms with Crippen molar-refractivity contribution in [2.75, 3.05) is 18.6 Å². The second kappa shape index (κ2) is 4.49. The standard InChI is InChI=1S/C14H19NO2/c1-14(2,17-3)11-6-8-12(9-7-11)15-10-4-5-13(15)16/h6-9H,4-5,10H2,1-3H3. The van der Waals surface area contributed by atoms with E-state index in [-0.39, 0.29) is 11.5 Å². The molecule has 1 aromatic carbocycles. The monoisotopic (exact) mass is 233 g/mol. The summed E-state index contributed by atoms with van der Waals surface area (Å²) in [5, 5.41) is 0. The molecule has 0 radical (unpaired) electrons. The van der Waals surface area contributed by atoms with Crippen LogP contribution >= 0.6 is 0 Å². The summed E-state index contributed by atoms with van der Waals surface area (Å²) in [7, 11) is 1.71. The van der Waals surface area contributed by atoms with Gasteiger partial charge in [-0.15, -0.1) is 0 Å². The SMILES string of the molecule is COC(C)(C)c1ccc(N2CCCC2=O)cc1. The third-order valence-electron chi connectivity index (χ3n) is 3.46. The zero-order chi connectivity index (χ0) is 12.5. The molecule has 0 aliphatic carbocycles. The third-order valence-corrected chi connectivity index (χ3v) is 3.46. The lowest BCUT2D eigenvalue weighted by Gasteiger charge is -2.24. The number of nitrogens with zero attached hydrogens (tertiary/aromatic N) is 1. The molecule has 0 bridgehead atoms. The highest BCUT2D eigenvalue weighted by atomic mass is 16.5. The highest BCUT2D eigenvalue weighted by molar-refractivity contribution is 5.95. The van der Waals surface area contributed by atoms with Gasteiger partial charge in [-0.05, 0) is 38.0 Å². The molecule has 1 aliphatic heterocycles. The highest BCUT2D eigenvalue weighted by Gasteiger charge is 2.23. The Labute approximate surface area is 102 Å². The predicted octanol–water partition coefficient (Wildman–Crippen LogP) is 2.69. The van der Waals surface area contributed by atoms with E-state index in [2.05, 4.69) is 0 Å². The molecule has 1 heterocycles. The zero-order valence-electron chi connectivity index (χ0n) is 10.7. The van der Waals surface area contributed by atoms with Crippen LogP contribution in [0.5, 0.6) is 0 Å². The second-order valence-electron chi connectivity index (χ2n) is 4.91. The van der Waals surface area contributed by atoms with Crippen LogP contribution < -0.4 is 4.90 Å². The molecule has 92 valence electrons. The van der Waals surface area contributed by atoms with Crippen molar-refractivity contribution in [1.82, 2.24) is 0 Å². The van der Waals surface area contributed by atoms with Gasteiger partial charge in [-0.25, -0.2) is 0 Å². The molecule has 0 atom stereocenters. The number of rotatable bonds is 3. The number of carbonyl (C=O) groups excluding carboxylic acids is 1. The summed E-state index contributed by atoms with van der Waals surface area (Å²) in [5.74, 6) is 0.226. The highest BCUT2D eigenvalue weighted by Crippen LogP contribution is 2.27. The third kappa shape index (κ3) is 2.34. The van der Waals surface area contributed by atoms with Gasteiger partial charge in [-0.3, -0.25) is 4.79 Å². The van der Waals surface area contributed by atoms with Gasteiger partial charge in [0, 0.05) is 25.8 Å². The quantitative estimate of drug-likeness (QED) is 0.803. The summed E-state index contributed by atoms with van der Waals surface area (Å²) < 4.78 is 5.43. The number of benzene rings is 1. The molecule has 1 amide bonds. The van der Waals surface area contributed by atoms with Crippen LogP contribution in [0.3, 0.4) is 0 Å². The van der Waals surface area contributed by atoms with E-state index in [4.69, 9.17) is 4.74 Å². The Bertz CT molecular complexity index is 409. The fourth-order valence-electron chi connectivity index (χ4n) is 2.08. The minimum absolute atomic E-state index is 0.226. The normalized spacial score (nSPS) is 16.6. The van der Waals surface area contributed by atoms with Crippen LogP contribution in [0, 0.1) is 0 Å². The van der Waals surface area contributed by atoms with Crippen LogP contribution in [0.1, 0.15) is 32.3 Å². The fraction of sp³-hybridized carbons (Fsp3) is 0.500. The smallest absolute Gasteiger partial charge is 0.227 e. The maximum absolute atomic E-state index is 11.6. The lowest BCUT2D eigenvalue weighted by atomic mass is 9.98.